The van der Waals surface area contributed by atoms with Gasteiger partial charge in [-0.1, -0.05) is 19.1 Å². The Morgan fingerprint density at radius 3 is 2.38 bits per heavy atom. The third kappa shape index (κ3) is 4.24. The number of amides is 1. The lowest BCUT2D eigenvalue weighted by Gasteiger charge is -2.56. The molecule has 6 heteroatoms. The predicted octanol–water partition coefficient (Wildman–Crippen LogP) is 6.48. The summed E-state index contributed by atoms with van der Waals surface area (Å²) in [6.45, 7) is 2.14. The molecule has 4 bridgehead atoms. The number of fused-ring (bicyclic) bond motifs is 1. The van der Waals surface area contributed by atoms with E-state index >= 15 is 0 Å². The zero-order valence-corrected chi connectivity index (χ0v) is 20.4. The number of hydrogen-bond donors (Lipinski definition) is 2. The monoisotopic (exact) mass is 473 g/mol. The van der Waals surface area contributed by atoms with Crippen molar-refractivity contribution >= 4 is 40.0 Å². The molecule has 3 aromatic rings. The van der Waals surface area contributed by atoms with Crippen molar-refractivity contribution in [3.63, 3.8) is 0 Å². The molecule has 176 valence electrons. The van der Waals surface area contributed by atoms with Crippen LogP contribution in [0.4, 0.5) is 5.69 Å². The maximum atomic E-state index is 12.9. The zero-order chi connectivity index (χ0) is 23.3. The van der Waals surface area contributed by atoms with Crippen LogP contribution in [0.15, 0.2) is 46.9 Å². The Hall–Kier alpha value is -2.73. The number of thiocarbonyl (C=S) groups is 1. The maximum Gasteiger partial charge on any atom is 0.227 e. The summed E-state index contributed by atoms with van der Waals surface area (Å²) >= 11 is 5.46. The van der Waals surface area contributed by atoms with Gasteiger partial charge in [-0.05, 0) is 116 Å². The van der Waals surface area contributed by atoms with E-state index < -0.39 is 0 Å². The summed E-state index contributed by atoms with van der Waals surface area (Å²) in [5, 5.41) is 6.43. The van der Waals surface area contributed by atoms with Crippen molar-refractivity contribution in [2.45, 2.75) is 58.3 Å². The Morgan fingerprint density at radius 1 is 1.06 bits per heavy atom. The van der Waals surface area contributed by atoms with Gasteiger partial charge in [-0.3, -0.25) is 4.79 Å². The summed E-state index contributed by atoms with van der Waals surface area (Å²) in [6.07, 6.45) is 9.42. The molecule has 2 N–H and O–H groups in total. The van der Waals surface area contributed by atoms with Crippen LogP contribution in [0.2, 0.25) is 0 Å². The molecule has 5 nitrogen and oxygen atoms in total. The summed E-state index contributed by atoms with van der Waals surface area (Å²) in [7, 11) is 0. The Balaban J connectivity index is 1.10. The van der Waals surface area contributed by atoms with Gasteiger partial charge >= 0.3 is 0 Å². The fourth-order valence-electron chi connectivity index (χ4n) is 7.19. The summed E-state index contributed by atoms with van der Waals surface area (Å²) in [5.41, 5.74) is 4.70. The predicted molar refractivity (Wildman–Crippen MR) is 138 cm³/mol. The van der Waals surface area contributed by atoms with Gasteiger partial charge in [-0.25, -0.2) is 4.98 Å². The van der Waals surface area contributed by atoms with Gasteiger partial charge in [0.2, 0.25) is 11.8 Å². The molecular weight excluding hydrogens is 442 g/mol. The van der Waals surface area contributed by atoms with Crippen molar-refractivity contribution in [2.75, 3.05) is 5.32 Å². The van der Waals surface area contributed by atoms with Crippen LogP contribution in [-0.4, -0.2) is 16.0 Å². The second kappa shape index (κ2) is 8.49. The van der Waals surface area contributed by atoms with Crippen molar-refractivity contribution < 1.29 is 9.21 Å². The van der Waals surface area contributed by atoms with Crippen molar-refractivity contribution in [2.24, 2.45) is 23.2 Å². The number of nitrogens with zero attached hydrogens (tertiary/aromatic N) is 1. The molecule has 0 aliphatic heterocycles. The van der Waals surface area contributed by atoms with Crippen LogP contribution in [0.3, 0.4) is 0 Å². The number of rotatable bonds is 5. The van der Waals surface area contributed by atoms with Crippen LogP contribution < -0.4 is 10.6 Å². The van der Waals surface area contributed by atoms with Crippen molar-refractivity contribution in [3.8, 4) is 11.5 Å². The number of aryl methyl sites for hydroxylation is 1. The average molecular weight is 474 g/mol. The molecule has 0 radical (unpaired) electrons. The summed E-state index contributed by atoms with van der Waals surface area (Å²) in [5.74, 6) is 3.16. The molecule has 4 aliphatic carbocycles. The number of nitrogens with one attached hydrogen (secondary N) is 2. The minimum atomic E-state index is 0.0415. The number of hydrogen-bond acceptors (Lipinski definition) is 4. The maximum absolute atomic E-state index is 12.9. The lowest BCUT2D eigenvalue weighted by Crippen LogP contribution is -2.48. The van der Waals surface area contributed by atoms with Crippen LogP contribution in [0.25, 0.3) is 22.6 Å². The quantitative estimate of drug-likeness (QED) is 0.415. The van der Waals surface area contributed by atoms with Gasteiger partial charge < -0.3 is 15.1 Å². The van der Waals surface area contributed by atoms with Gasteiger partial charge in [-0.15, -0.1) is 0 Å². The van der Waals surface area contributed by atoms with Crippen LogP contribution in [0.1, 0.15) is 57.4 Å². The number of aromatic nitrogens is 1. The Kier molecular flexibility index (Phi) is 5.44. The highest BCUT2D eigenvalue weighted by Crippen LogP contribution is 2.61. The van der Waals surface area contributed by atoms with Gasteiger partial charge in [-0.2, -0.15) is 0 Å². The summed E-state index contributed by atoms with van der Waals surface area (Å²) in [6, 6.07) is 14.0. The zero-order valence-electron chi connectivity index (χ0n) is 19.6. The van der Waals surface area contributed by atoms with Gasteiger partial charge in [0.1, 0.15) is 5.52 Å². The first kappa shape index (κ1) is 21.8. The average Bonchev–Trinajstić information content (AvgIpc) is 3.21. The van der Waals surface area contributed by atoms with E-state index in [0.29, 0.717) is 17.4 Å². The Bertz CT molecular complexity index is 1210. The SMILES string of the molecule is CCc1ccc(-c2nc3cc(NC(=S)NC(=O)CC45CC6CC(CC(C6)C4)C5)ccc3o2)cc1. The third-order valence-corrected chi connectivity index (χ3v) is 8.41. The molecule has 4 saturated carbocycles. The van der Waals surface area contributed by atoms with Crippen LogP contribution in [0, 0.1) is 23.2 Å². The van der Waals surface area contributed by atoms with Gasteiger partial charge in [0.05, 0.1) is 0 Å². The molecule has 7 rings (SSSR count). The summed E-state index contributed by atoms with van der Waals surface area (Å²) < 4.78 is 5.94. The van der Waals surface area contributed by atoms with E-state index in [4.69, 9.17) is 16.6 Å². The van der Waals surface area contributed by atoms with E-state index in [1.165, 1.54) is 44.1 Å². The van der Waals surface area contributed by atoms with Crippen molar-refractivity contribution in [1.82, 2.24) is 10.3 Å². The molecule has 2 aromatic carbocycles. The second-order valence-corrected chi connectivity index (χ2v) is 11.3. The fraction of sp³-hybridized carbons (Fsp3) is 0.464. The molecule has 34 heavy (non-hydrogen) atoms. The minimum Gasteiger partial charge on any atom is -0.436 e. The molecule has 1 amide bonds. The van der Waals surface area contributed by atoms with E-state index in [1.807, 2.05) is 30.3 Å². The first-order chi connectivity index (χ1) is 16.5. The highest BCUT2D eigenvalue weighted by Gasteiger charge is 2.51. The second-order valence-electron chi connectivity index (χ2n) is 10.8. The number of carbonyl (C=O) groups is 1. The highest BCUT2D eigenvalue weighted by molar-refractivity contribution is 7.80. The van der Waals surface area contributed by atoms with Crippen LogP contribution in [-0.2, 0) is 11.2 Å². The first-order valence-corrected chi connectivity index (χ1v) is 13.0. The van der Waals surface area contributed by atoms with Gasteiger partial charge in [0.15, 0.2) is 10.7 Å². The largest absolute Gasteiger partial charge is 0.436 e. The molecule has 0 atom stereocenters. The van der Waals surface area contributed by atoms with E-state index in [1.54, 1.807) is 0 Å². The molecule has 0 unspecified atom stereocenters. The summed E-state index contributed by atoms with van der Waals surface area (Å²) in [4.78, 5) is 17.5. The van der Waals surface area contributed by atoms with E-state index in [-0.39, 0.29) is 11.3 Å². The van der Waals surface area contributed by atoms with E-state index in [2.05, 4.69) is 34.7 Å². The smallest absolute Gasteiger partial charge is 0.227 e. The van der Waals surface area contributed by atoms with E-state index in [0.717, 1.165) is 46.5 Å². The molecule has 0 saturated heterocycles. The van der Waals surface area contributed by atoms with E-state index in [9.17, 15) is 4.79 Å². The number of benzene rings is 2. The molecule has 0 spiro atoms. The number of anilines is 1. The Morgan fingerprint density at radius 2 is 1.74 bits per heavy atom. The minimum absolute atomic E-state index is 0.0415. The molecule has 1 heterocycles. The normalized spacial score (nSPS) is 27.1. The fourth-order valence-corrected chi connectivity index (χ4v) is 7.42. The van der Waals surface area contributed by atoms with Crippen molar-refractivity contribution in [3.05, 3.63) is 48.0 Å². The van der Waals surface area contributed by atoms with Gasteiger partial charge in [0, 0.05) is 17.7 Å². The number of oxazole rings is 1. The van der Waals surface area contributed by atoms with Crippen LogP contribution >= 0.6 is 12.2 Å². The topological polar surface area (TPSA) is 67.2 Å². The highest BCUT2D eigenvalue weighted by atomic mass is 32.1. The molecule has 1 aromatic heterocycles. The molecule has 4 aliphatic rings. The lowest BCUT2D eigenvalue weighted by atomic mass is 9.49. The number of carbonyl (C=O) groups excluding carboxylic acids is 1. The van der Waals surface area contributed by atoms with Gasteiger partial charge in [0.25, 0.3) is 0 Å². The lowest BCUT2D eigenvalue weighted by molar-refractivity contribution is -0.127. The Labute approximate surface area is 205 Å². The standard InChI is InChI=1S/C28H31N3O2S/c1-2-17-3-5-21(6-4-17)26-30-23-12-22(7-8-24(23)33-26)29-27(34)31-25(32)16-28-13-18-9-19(14-28)11-20(10-18)15-28/h3-8,12,18-20H,2,9-11,13-16H2,1H3,(H2,29,31,32,34). The molecule has 4 fully saturated rings. The van der Waals surface area contributed by atoms with Crippen LogP contribution in [0.5, 0.6) is 0 Å². The third-order valence-electron chi connectivity index (χ3n) is 8.21. The molecular formula is C28H31N3O2S. The van der Waals surface area contributed by atoms with Crippen molar-refractivity contribution in [1.29, 1.82) is 0 Å². The first-order valence-electron chi connectivity index (χ1n) is 12.6.